The molecule has 6 heteroatoms. The lowest BCUT2D eigenvalue weighted by Crippen LogP contribution is -2.49. The smallest absolute Gasteiger partial charge is 0.228 e. The van der Waals surface area contributed by atoms with E-state index >= 15 is 0 Å². The number of anilines is 2. The molecule has 2 unspecified atom stereocenters. The van der Waals surface area contributed by atoms with Gasteiger partial charge in [-0.15, -0.1) is 0 Å². The maximum atomic E-state index is 13.7. The first-order valence-corrected chi connectivity index (χ1v) is 9.69. The van der Waals surface area contributed by atoms with Crippen LogP contribution in [0.4, 0.5) is 15.8 Å². The van der Waals surface area contributed by atoms with Gasteiger partial charge < -0.3 is 15.1 Å². The highest BCUT2D eigenvalue weighted by Gasteiger charge is 2.49. The summed E-state index contributed by atoms with van der Waals surface area (Å²) in [6.07, 6.45) is 0.539. The predicted octanol–water partition coefficient (Wildman–Crippen LogP) is 3.06. The zero-order valence-electron chi connectivity index (χ0n) is 15.9. The molecule has 1 saturated heterocycles. The molecular weight excluding hydrogens is 357 g/mol. The molecule has 1 saturated carbocycles. The Morgan fingerprint density at radius 2 is 1.75 bits per heavy atom. The summed E-state index contributed by atoms with van der Waals surface area (Å²) in [5, 5.41) is 2.60. The van der Waals surface area contributed by atoms with Gasteiger partial charge in [0, 0.05) is 31.9 Å². The first kappa shape index (κ1) is 18.5. The fourth-order valence-corrected chi connectivity index (χ4v) is 3.79. The fourth-order valence-electron chi connectivity index (χ4n) is 3.79. The van der Waals surface area contributed by atoms with E-state index in [1.165, 1.54) is 23.4 Å². The summed E-state index contributed by atoms with van der Waals surface area (Å²) in [5.74, 6) is -1.34. The molecule has 2 aliphatic rings. The number of carbonyl (C=O) groups excluding carboxylic acids is 2. The van der Waals surface area contributed by atoms with Crippen LogP contribution in [-0.4, -0.2) is 42.9 Å². The van der Waals surface area contributed by atoms with Gasteiger partial charge in [0.1, 0.15) is 5.82 Å². The number of amides is 2. The van der Waals surface area contributed by atoms with Crippen molar-refractivity contribution in [1.29, 1.82) is 0 Å². The summed E-state index contributed by atoms with van der Waals surface area (Å²) < 4.78 is 13.7. The Labute approximate surface area is 164 Å². The van der Waals surface area contributed by atoms with E-state index in [-0.39, 0.29) is 29.3 Å². The Kier molecular flexibility index (Phi) is 5.03. The van der Waals surface area contributed by atoms with Crippen LogP contribution in [0.1, 0.15) is 12.0 Å². The summed E-state index contributed by atoms with van der Waals surface area (Å²) in [5.41, 5.74) is 2.57. The van der Waals surface area contributed by atoms with Gasteiger partial charge in [-0.2, -0.15) is 0 Å². The summed E-state index contributed by atoms with van der Waals surface area (Å²) in [7, 11) is 0. The summed E-state index contributed by atoms with van der Waals surface area (Å²) >= 11 is 0. The minimum absolute atomic E-state index is 0.0394. The number of nitrogens with one attached hydrogen (secondary N) is 1. The lowest BCUT2D eigenvalue weighted by atomic mass is 10.2. The second-order valence-electron chi connectivity index (χ2n) is 7.57. The molecule has 2 amide bonds. The maximum Gasteiger partial charge on any atom is 0.228 e. The third kappa shape index (κ3) is 3.86. The van der Waals surface area contributed by atoms with E-state index in [1.54, 1.807) is 12.1 Å². The van der Waals surface area contributed by atoms with E-state index in [4.69, 9.17) is 0 Å². The van der Waals surface area contributed by atoms with Crippen molar-refractivity contribution < 1.29 is 14.0 Å². The fraction of sp³-hybridized carbons (Fsp3) is 0.364. The van der Waals surface area contributed by atoms with Crippen molar-refractivity contribution in [2.24, 2.45) is 11.8 Å². The molecule has 0 bridgehead atoms. The minimum atomic E-state index is -0.466. The van der Waals surface area contributed by atoms with Crippen LogP contribution in [0.2, 0.25) is 0 Å². The molecule has 2 aromatic rings. The molecule has 0 radical (unpaired) electrons. The first-order valence-electron chi connectivity index (χ1n) is 9.69. The third-order valence-electron chi connectivity index (χ3n) is 5.53. The molecule has 2 fully saturated rings. The van der Waals surface area contributed by atoms with Crippen LogP contribution in [0.3, 0.4) is 0 Å². The van der Waals surface area contributed by atoms with Gasteiger partial charge >= 0.3 is 0 Å². The molecule has 0 aromatic heterocycles. The van der Waals surface area contributed by atoms with Crippen LogP contribution >= 0.6 is 0 Å². The summed E-state index contributed by atoms with van der Waals surface area (Å²) in [6.45, 7) is 4.96. The topological polar surface area (TPSA) is 52.7 Å². The van der Waals surface area contributed by atoms with E-state index in [2.05, 4.69) is 35.3 Å². The van der Waals surface area contributed by atoms with Crippen LogP contribution in [-0.2, 0) is 9.59 Å². The highest BCUT2D eigenvalue weighted by Crippen LogP contribution is 2.41. The Morgan fingerprint density at radius 3 is 2.46 bits per heavy atom. The average molecular weight is 381 g/mol. The maximum absolute atomic E-state index is 13.7. The van der Waals surface area contributed by atoms with Crippen LogP contribution < -0.4 is 10.2 Å². The summed E-state index contributed by atoms with van der Waals surface area (Å²) in [4.78, 5) is 29.2. The monoisotopic (exact) mass is 381 g/mol. The third-order valence-corrected chi connectivity index (χ3v) is 5.53. The van der Waals surface area contributed by atoms with Crippen molar-refractivity contribution in [3.05, 3.63) is 59.9 Å². The number of nitrogens with zero attached hydrogens (tertiary/aromatic N) is 2. The van der Waals surface area contributed by atoms with Crippen molar-refractivity contribution in [3.8, 4) is 0 Å². The van der Waals surface area contributed by atoms with E-state index in [1.807, 2.05) is 11.0 Å². The number of hydrogen-bond donors (Lipinski definition) is 1. The molecule has 2 atom stereocenters. The Bertz CT molecular complexity index is 893. The molecule has 4 rings (SSSR count). The van der Waals surface area contributed by atoms with Crippen LogP contribution in [0, 0.1) is 24.6 Å². The highest BCUT2D eigenvalue weighted by molar-refractivity contribution is 5.99. The Balaban J connectivity index is 1.29. The van der Waals surface area contributed by atoms with Gasteiger partial charge in [-0.05, 0) is 43.2 Å². The van der Waals surface area contributed by atoms with Crippen molar-refractivity contribution in [3.63, 3.8) is 0 Å². The zero-order chi connectivity index (χ0) is 19.7. The van der Waals surface area contributed by atoms with E-state index in [0.717, 1.165) is 13.1 Å². The largest absolute Gasteiger partial charge is 0.368 e. The number of rotatable bonds is 4. The van der Waals surface area contributed by atoms with Crippen molar-refractivity contribution in [1.82, 2.24) is 4.90 Å². The molecule has 1 N–H and O–H groups in total. The van der Waals surface area contributed by atoms with E-state index in [9.17, 15) is 14.0 Å². The Hall–Kier alpha value is -2.89. The molecular formula is C22H24FN3O2. The lowest BCUT2D eigenvalue weighted by Gasteiger charge is -2.36. The van der Waals surface area contributed by atoms with Gasteiger partial charge in [0.15, 0.2) is 0 Å². The molecule has 146 valence electrons. The van der Waals surface area contributed by atoms with Gasteiger partial charge in [-0.25, -0.2) is 4.39 Å². The number of carbonyl (C=O) groups is 2. The average Bonchev–Trinajstić information content (AvgIpc) is 3.50. The molecule has 0 spiro atoms. The minimum Gasteiger partial charge on any atom is -0.368 e. The molecule has 28 heavy (non-hydrogen) atoms. The molecule has 1 heterocycles. The van der Waals surface area contributed by atoms with Gasteiger partial charge in [-0.3, -0.25) is 9.59 Å². The van der Waals surface area contributed by atoms with Crippen molar-refractivity contribution in [2.75, 3.05) is 36.4 Å². The van der Waals surface area contributed by atoms with Crippen molar-refractivity contribution in [2.45, 2.75) is 13.3 Å². The van der Waals surface area contributed by atoms with E-state index in [0.29, 0.717) is 19.5 Å². The number of benzene rings is 2. The van der Waals surface area contributed by atoms with Crippen LogP contribution in [0.5, 0.6) is 0 Å². The van der Waals surface area contributed by atoms with Gasteiger partial charge in [0.05, 0.1) is 17.5 Å². The second kappa shape index (κ2) is 7.62. The normalized spacial score (nSPS) is 21.4. The highest BCUT2D eigenvalue weighted by atomic mass is 19.1. The van der Waals surface area contributed by atoms with Crippen LogP contribution in [0.25, 0.3) is 0 Å². The SMILES string of the molecule is Cc1cccc(N2CCN(C(=O)C3CC3C(=O)Nc3ccccc3F)CC2)c1. The van der Waals surface area contributed by atoms with Gasteiger partial charge in [0.2, 0.25) is 11.8 Å². The standard InChI is InChI=1S/C22H24FN3O2/c1-15-5-4-6-16(13-15)25-9-11-26(12-10-25)22(28)18-14-17(18)21(27)24-20-8-3-2-7-19(20)23/h2-8,13,17-18H,9-12,14H2,1H3,(H,24,27). The number of piperazine rings is 1. The van der Waals surface area contributed by atoms with Gasteiger partial charge in [0.25, 0.3) is 0 Å². The number of aryl methyl sites for hydroxylation is 1. The molecule has 5 nitrogen and oxygen atoms in total. The van der Waals surface area contributed by atoms with Crippen LogP contribution in [0.15, 0.2) is 48.5 Å². The number of halogens is 1. The van der Waals surface area contributed by atoms with E-state index < -0.39 is 5.82 Å². The quantitative estimate of drug-likeness (QED) is 0.886. The number of hydrogen-bond acceptors (Lipinski definition) is 3. The van der Waals surface area contributed by atoms with Crippen molar-refractivity contribution >= 4 is 23.2 Å². The van der Waals surface area contributed by atoms with Gasteiger partial charge in [-0.1, -0.05) is 24.3 Å². The molecule has 1 aliphatic carbocycles. The molecule has 2 aromatic carbocycles. The lowest BCUT2D eigenvalue weighted by molar-refractivity contribution is -0.134. The summed E-state index contributed by atoms with van der Waals surface area (Å²) in [6, 6.07) is 14.4. The predicted molar refractivity (Wildman–Crippen MR) is 107 cm³/mol. The number of para-hydroxylation sites is 1. The second-order valence-corrected chi connectivity index (χ2v) is 7.57. The molecule has 1 aliphatic heterocycles. The first-order chi connectivity index (χ1) is 13.5. The zero-order valence-corrected chi connectivity index (χ0v) is 15.9. The Morgan fingerprint density at radius 1 is 1.00 bits per heavy atom.